The predicted molar refractivity (Wildman–Crippen MR) is 65.8 cm³/mol. The van der Waals surface area contributed by atoms with Crippen molar-refractivity contribution < 1.29 is 9.53 Å². The van der Waals surface area contributed by atoms with Crippen LogP contribution < -0.4 is 5.32 Å². The fourth-order valence-electron chi connectivity index (χ4n) is 1.60. The Balaban J connectivity index is 1.86. The van der Waals surface area contributed by atoms with Crippen LogP contribution in [-0.4, -0.2) is 17.9 Å². The van der Waals surface area contributed by atoms with E-state index in [1.807, 2.05) is 38.1 Å². The fourth-order valence-corrected chi connectivity index (χ4v) is 1.60. The van der Waals surface area contributed by atoms with E-state index < -0.39 is 0 Å². The summed E-state index contributed by atoms with van der Waals surface area (Å²) in [6.07, 6.45) is 0.788. The second-order valence-corrected chi connectivity index (χ2v) is 4.17. The maximum absolute atomic E-state index is 11.4. The van der Waals surface area contributed by atoms with Crippen molar-refractivity contribution in [2.24, 2.45) is 4.99 Å². The molecule has 1 aromatic rings. The van der Waals surface area contributed by atoms with Gasteiger partial charge in [0.15, 0.2) is 0 Å². The van der Waals surface area contributed by atoms with Crippen LogP contribution in [0.4, 0.5) is 11.4 Å². The van der Waals surface area contributed by atoms with Crippen LogP contribution >= 0.6 is 0 Å². The van der Waals surface area contributed by atoms with Gasteiger partial charge in [0.25, 0.3) is 0 Å². The summed E-state index contributed by atoms with van der Waals surface area (Å²) >= 11 is 0. The minimum Gasteiger partial charge on any atom is -0.463 e. The Morgan fingerprint density at radius 3 is 2.65 bits per heavy atom. The molecule has 1 aliphatic rings. The minimum atomic E-state index is -0.200. The van der Waals surface area contributed by atoms with Gasteiger partial charge in [-0.2, -0.15) is 0 Å². The molecule has 0 saturated carbocycles. The van der Waals surface area contributed by atoms with Crippen LogP contribution in [0.2, 0.25) is 0 Å². The van der Waals surface area contributed by atoms with Gasteiger partial charge in [-0.05, 0) is 26.0 Å². The lowest BCUT2D eigenvalue weighted by atomic mass is 10.3. The van der Waals surface area contributed by atoms with Crippen molar-refractivity contribution in [2.45, 2.75) is 32.8 Å². The third-order valence-electron chi connectivity index (χ3n) is 2.30. The highest BCUT2D eigenvalue weighted by Gasteiger charge is 2.16. The number of carbonyl (C=O) groups excluding carboxylic acids is 1. The van der Waals surface area contributed by atoms with E-state index in [2.05, 4.69) is 10.3 Å². The average molecular weight is 231 g/mol. The van der Waals surface area contributed by atoms with E-state index in [-0.39, 0.29) is 12.1 Å². The van der Waals surface area contributed by atoms with Gasteiger partial charge in [0.1, 0.15) is 5.84 Å². The zero-order valence-electron chi connectivity index (χ0n) is 10.0. The molecule has 1 aliphatic heterocycles. The monoisotopic (exact) mass is 231 g/mol. The Morgan fingerprint density at radius 1 is 1.29 bits per heavy atom. The van der Waals surface area contributed by atoms with Crippen LogP contribution in [0.15, 0.2) is 29.3 Å². The summed E-state index contributed by atoms with van der Waals surface area (Å²) in [4.78, 5) is 15.7. The highest BCUT2D eigenvalue weighted by Crippen LogP contribution is 2.30. The van der Waals surface area contributed by atoms with E-state index in [9.17, 15) is 4.79 Å². The highest BCUT2D eigenvalue weighted by molar-refractivity contribution is 5.97. The standard InChI is InChI=1S/C13H15N2O2/c1-9(2)17-13(16)8-7-12-14-10-5-3-4-6-11(10)15-12/h3-6,9H,7-8H2,1-2H3. The summed E-state index contributed by atoms with van der Waals surface area (Å²) < 4.78 is 5.05. The molecule has 0 bridgehead atoms. The van der Waals surface area contributed by atoms with Crippen LogP contribution in [0, 0.1) is 0 Å². The predicted octanol–water partition coefficient (Wildman–Crippen LogP) is 2.70. The number of ether oxygens (including phenoxy) is 1. The summed E-state index contributed by atoms with van der Waals surface area (Å²) in [6.45, 7) is 3.68. The number of aliphatic imine (C=N–C) groups is 1. The number of para-hydroxylation sites is 2. The third-order valence-corrected chi connectivity index (χ3v) is 2.30. The average Bonchev–Trinajstić information content (AvgIpc) is 2.68. The van der Waals surface area contributed by atoms with Gasteiger partial charge in [0.2, 0.25) is 0 Å². The molecule has 0 N–H and O–H groups in total. The van der Waals surface area contributed by atoms with Gasteiger partial charge in [0.05, 0.1) is 23.9 Å². The number of esters is 1. The molecule has 89 valence electrons. The zero-order chi connectivity index (χ0) is 12.3. The molecule has 1 aromatic carbocycles. The Labute approximate surface area is 101 Å². The van der Waals surface area contributed by atoms with Crippen molar-refractivity contribution in [3.63, 3.8) is 0 Å². The molecule has 0 spiro atoms. The van der Waals surface area contributed by atoms with Crippen molar-refractivity contribution >= 4 is 23.2 Å². The summed E-state index contributed by atoms with van der Waals surface area (Å²) in [5.41, 5.74) is 1.75. The summed E-state index contributed by atoms with van der Waals surface area (Å²) in [6, 6.07) is 7.68. The lowest BCUT2D eigenvalue weighted by Gasteiger charge is -2.07. The first-order valence-electron chi connectivity index (χ1n) is 5.73. The molecule has 0 amide bonds. The van der Waals surface area contributed by atoms with E-state index in [0.717, 1.165) is 11.4 Å². The number of nitrogens with zero attached hydrogens (tertiary/aromatic N) is 2. The van der Waals surface area contributed by atoms with E-state index in [4.69, 9.17) is 4.74 Å². The molecule has 0 atom stereocenters. The van der Waals surface area contributed by atoms with Gasteiger partial charge >= 0.3 is 5.97 Å². The molecule has 1 radical (unpaired) electrons. The lowest BCUT2D eigenvalue weighted by molar-refractivity contribution is -0.147. The van der Waals surface area contributed by atoms with E-state index in [1.54, 1.807) is 0 Å². The minimum absolute atomic E-state index is 0.0675. The van der Waals surface area contributed by atoms with Crippen LogP contribution in [-0.2, 0) is 9.53 Å². The molecule has 4 heteroatoms. The number of amidine groups is 1. The van der Waals surface area contributed by atoms with Crippen LogP contribution in [0.3, 0.4) is 0 Å². The fraction of sp³-hybridized carbons (Fsp3) is 0.385. The quantitative estimate of drug-likeness (QED) is 0.748. The zero-order valence-corrected chi connectivity index (χ0v) is 10.0. The normalized spacial score (nSPS) is 13.0. The molecule has 1 heterocycles. The third kappa shape index (κ3) is 3.06. The van der Waals surface area contributed by atoms with Crippen molar-refractivity contribution in [3.05, 3.63) is 24.3 Å². The van der Waals surface area contributed by atoms with Gasteiger partial charge in [-0.25, -0.2) is 10.3 Å². The second-order valence-electron chi connectivity index (χ2n) is 4.17. The van der Waals surface area contributed by atoms with Crippen molar-refractivity contribution in [3.8, 4) is 0 Å². The smallest absolute Gasteiger partial charge is 0.306 e. The topological polar surface area (TPSA) is 52.8 Å². The first-order chi connectivity index (χ1) is 8.15. The Morgan fingerprint density at radius 2 is 2.00 bits per heavy atom. The van der Waals surface area contributed by atoms with Crippen molar-refractivity contribution in [1.82, 2.24) is 5.32 Å². The second kappa shape index (κ2) is 4.99. The molecule has 0 unspecified atom stereocenters. The SMILES string of the molecule is CC(C)OC(=O)CCC1=Nc2ccccc2[N]1. The summed E-state index contributed by atoms with van der Waals surface area (Å²) in [5, 5.41) is 4.34. The van der Waals surface area contributed by atoms with Crippen molar-refractivity contribution in [2.75, 3.05) is 0 Å². The Bertz CT molecular complexity index is 452. The molecular formula is C13H15N2O2. The Kier molecular flexibility index (Phi) is 3.42. The maximum Gasteiger partial charge on any atom is 0.306 e. The van der Waals surface area contributed by atoms with Crippen molar-refractivity contribution in [1.29, 1.82) is 0 Å². The molecule has 4 nitrogen and oxygen atoms in total. The number of carbonyl (C=O) groups is 1. The van der Waals surface area contributed by atoms with E-state index >= 15 is 0 Å². The van der Waals surface area contributed by atoms with E-state index in [1.165, 1.54) is 0 Å². The molecule has 17 heavy (non-hydrogen) atoms. The number of rotatable bonds is 4. The largest absolute Gasteiger partial charge is 0.463 e. The lowest BCUT2D eigenvalue weighted by Crippen LogP contribution is -2.14. The number of benzene rings is 1. The van der Waals surface area contributed by atoms with Crippen LogP contribution in [0.5, 0.6) is 0 Å². The molecule has 0 aliphatic carbocycles. The summed E-state index contributed by atoms with van der Waals surface area (Å²) in [7, 11) is 0. The first-order valence-corrected chi connectivity index (χ1v) is 5.73. The number of fused-ring (bicyclic) bond motifs is 1. The van der Waals surface area contributed by atoms with Crippen LogP contribution in [0.25, 0.3) is 0 Å². The number of hydrogen-bond acceptors (Lipinski definition) is 3. The van der Waals surface area contributed by atoms with E-state index in [0.29, 0.717) is 18.7 Å². The molecule has 0 aromatic heterocycles. The van der Waals surface area contributed by atoms with Gasteiger partial charge in [-0.1, -0.05) is 12.1 Å². The van der Waals surface area contributed by atoms with Gasteiger partial charge < -0.3 is 4.74 Å². The Hall–Kier alpha value is -1.84. The van der Waals surface area contributed by atoms with Crippen LogP contribution in [0.1, 0.15) is 26.7 Å². The maximum atomic E-state index is 11.4. The van der Waals surface area contributed by atoms with Gasteiger partial charge in [-0.3, -0.25) is 4.79 Å². The molecule has 2 rings (SSSR count). The molecule has 0 saturated heterocycles. The molecular weight excluding hydrogens is 216 g/mol. The van der Waals surface area contributed by atoms with Gasteiger partial charge in [-0.15, -0.1) is 0 Å². The van der Waals surface area contributed by atoms with Gasteiger partial charge in [0, 0.05) is 6.42 Å². The highest BCUT2D eigenvalue weighted by atomic mass is 16.5. The molecule has 0 fully saturated rings. The number of hydrogen-bond donors (Lipinski definition) is 0. The summed E-state index contributed by atoms with van der Waals surface area (Å²) in [5.74, 6) is 0.501. The first kappa shape index (κ1) is 11.6.